The van der Waals surface area contributed by atoms with Crippen molar-refractivity contribution in [2.45, 2.75) is 18.4 Å². The fourth-order valence-corrected chi connectivity index (χ4v) is 1.87. The van der Waals surface area contributed by atoms with Gasteiger partial charge in [-0.15, -0.1) is 0 Å². The average Bonchev–Trinajstić information content (AvgIpc) is 2.91. The molecular weight excluding hydrogens is 254 g/mol. The van der Waals surface area contributed by atoms with Gasteiger partial charge in [-0.1, -0.05) is 15.9 Å². The standard InChI is InChI=1S/C10H9BrF2O/c11-6-10(3-4-10)14-9-2-1-7(12)5-8(9)13/h1-2,5H,3-4,6H2. The largest absolute Gasteiger partial charge is 0.483 e. The topological polar surface area (TPSA) is 9.23 Å². The van der Waals surface area contributed by atoms with Crippen molar-refractivity contribution in [3.63, 3.8) is 0 Å². The van der Waals surface area contributed by atoms with Crippen molar-refractivity contribution in [2.75, 3.05) is 5.33 Å². The Balaban J connectivity index is 2.17. The van der Waals surface area contributed by atoms with Crippen LogP contribution in [0.15, 0.2) is 18.2 Å². The molecular formula is C10H9BrF2O. The van der Waals surface area contributed by atoms with Crippen molar-refractivity contribution in [2.24, 2.45) is 0 Å². The molecule has 4 heteroatoms. The van der Waals surface area contributed by atoms with Gasteiger partial charge in [0.15, 0.2) is 11.6 Å². The molecule has 1 aromatic carbocycles. The molecule has 14 heavy (non-hydrogen) atoms. The van der Waals surface area contributed by atoms with Gasteiger partial charge < -0.3 is 4.74 Å². The van der Waals surface area contributed by atoms with Crippen molar-refractivity contribution in [3.8, 4) is 5.75 Å². The molecule has 1 aromatic rings. The van der Waals surface area contributed by atoms with Gasteiger partial charge >= 0.3 is 0 Å². The molecule has 0 aliphatic heterocycles. The molecule has 0 amide bonds. The van der Waals surface area contributed by atoms with E-state index >= 15 is 0 Å². The van der Waals surface area contributed by atoms with E-state index in [0.717, 1.165) is 18.9 Å². The van der Waals surface area contributed by atoms with Gasteiger partial charge in [-0.05, 0) is 25.0 Å². The second-order valence-electron chi connectivity index (χ2n) is 3.49. The van der Waals surface area contributed by atoms with E-state index in [0.29, 0.717) is 5.33 Å². The van der Waals surface area contributed by atoms with Crippen LogP contribution in [0.3, 0.4) is 0 Å². The van der Waals surface area contributed by atoms with E-state index in [2.05, 4.69) is 15.9 Å². The summed E-state index contributed by atoms with van der Waals surface area (Å²) in [5.74, 6) is -1.10. The van der Waals surface area contributed by atoms with E-state index in [9.17, 15) is 8.78 Å². The summed E-state index contributed by atoms with van der Waals surface area (Å²) in [6.45, 7) is 0. The molecule has 0 bridgehead atoms. The minimum atomic E-state index is -0.641. The maximum atomic E-state index is 13.2. The van der Waals surface area contributed by atoms with Gasteiger partial charge in [-0.3, -0.25) is 0 Å². The summed E-state index contributed by atoms with van der Waals surface area (Å²) in [4.78, 5) is 0. The molecule has 0 N–H and O–H groups in total. The zero-order valence-electron chi connectivity index (χ0n) is 7.40. The second kappa shape index (κ2) is 3.50. The summed E-state index contributed by atoms with van der Waals surface area (Å²) < 4.78 is 31.2. The predicted molar refractivity (Wildman–Crippen MR) is 52.7 cm³/mol. The van der Waals surface area contributed by atoms with E-state index in [1.165, 1.54) is 12.1 Å². The highest BCUT2D eigenvalue weighted by molar-refractivity contribution is 9.09. The number of alkyl halides is 1. The molecule has 76 valence electrons. The molecule has 0 unspecified atom stereocenters. The Morgan fingerprint density at radius 2 is 2.07 bits per heavy atom. The Morgan fingerprint density at radius 1 is 1.36 bits per heavy atom. The van der Waals surface area contributed by atoms with Crippen LogP contribution in [0.25, 0.3) is 0 Å². The third-order valence-electron chi connectivity index (χ3n) is 2.27. The lowest BCUT2D eigenvalue weighted by Crippen LogP contribution is -2.20. The zero-order valence-corrected chi connectivity index (χ0v) is 8.98. The van der Waals surface area contributed by atoms with Crippen molar-refractivity contribution in [3.05, 3.63) is 29.8 Å². The number of ether oxygens (including phenoxy) is 1. The summed E-state index contributed by atoms with van der Waals surface area (Å²) >= 11 is 3.31. The highest BCUT2D eigenvalue weighted by Gasteiger charge is 2.44. The summed E-state index contributed by atoms with van der Waals surface area (Å²) in [5, 5.41) is 0.677. The molecule has 1 aliphatic carbocycles. The molecule has 0 saturated heterocycles. The molecule has 0 atom stereocenters. The molecule has 1 fully saturated rings. The summed E-state index contributed by atoms with van der Waals surface area (Å²) in [6.07, 6.45) is 1.82. The number of halogens is 3. The first-order valence-electron chi connectivity index (χ1n) is 4.35. The van der Waals surface area contributed by atoms with Gasteiger partial charge in [0, 0.05) is 11.4 Å². The number of benzene rings is 1. The van der Waals surface area contributed by atoms with Crippen molar-refractivity contribution in [1.82, 2.24) is 0 Å². The summed E-state index contributed by atoms with van der Waals surface area (Å²) in [7, 11) is 0. The van der Waals surface area contributed by atoms with Crippen LogP contribution in [-0.2, 0) is 0 Å². The normalized spacial score (nSPS) is 17.9. The number of rotatable bonds is 3. The van der Waals surface area contributed by atoms with Crippen LogP contribution in [0.4, 0.5) is 8.78 Å². The monoisotopic (exact) mass is 262 g/mol. The van der Waals surface area contributed by atoms with E-state index in [-0.39, 0.29) is 11.4 Å². The average molecular weight is 263 g/mol. The third kappa shape index (κ3) is 1.90. The predicted octanol–water partition coefficient (Wildman–Crippen LogP) is 3.27. The number of hydrogen-bond donors (Lipinski definition) is 0. The minimum Gasteiger partial charge on any atom is -0.483 e. The van der Waals surface area contributed by atoms with Gasteiger partial charge in [0.25, 0.3) is 0 Å². The van der Waals surface area contributed by atoms with Gasteiger partial charge in [0.1, 0.15) is 11.4 Å². The van der Waals surface area contributed by atoms with Crippen molar-refractivity contribution < 1.29 is 13.5 Å². The van der Waals surface area contributed by atoms with Crippen LogP contribution in [0.1, 0.15) is 12.8 Å². The first-order valence-corrected chi connectivity index (χ1v) is 5.47. The smallest absolute Gasteiger partial charge is 0.168 e. The van der Waals surface area contributed by atoms with Crippen molar-refractivity contribution in [1.29, 1.82) is 0 Å². The fourth-order valence-electron chi connectivity index (χ4n) is 1.19. The molecule has 0 spiro atoms. The van der Waals surface area contributed by atoms with Gasteiger partial charge in [0.05, 0.1) is 0 Å². The Kier molecular flexibility index (Phi) is 2.47. The first kappa shape index (κ1) is 9.90. The molecule has 1 saturated carbocycles. The van der Waals surface area contributed by atoms with Gasteiger partial charge in [0.2, 0.25) is 0 Å². The highest BCUT2D eigenvalue weighted by atomic mass is 79.9. The SMILES string of the molecule is Fc1ccc(OC2(CBr)CC2)c(F)c1. The fraction of sp³-hybridized carbons (Fsp3) is 0.400. The Bertz CT molecular complexity index is 350. The molecule has 2 rings (SSSR count). The lowest BCUT2D eigenvalue weighted by molar-refractivity contribution is 0.196. The Morgan fingerprint density at radius 3 is 2.57 bits per heavy atom. The van der Waals surface area contributed by atoms with Gasteiger partial charge in [-0.25, -0.2) is 8.78 Å². The summed E-state index contributed by atoms with van der Waals surface area (Å²) in [5.41, 5.74) is -0.265. The highest BCUT2D eigenvalue weighted by Crippen LogP contribution is 2.42. The van der Waals surface area contributed by atoms with E-state index < -0.39 is 11.6 Å². The second-order valence-corrected chi connectivity index (χ2v) is 4.05. The Labute approximate surface area is 89.2 Å². The lowest BCUT2D eigenvalue weighted by atomic mass is 10.3. The van der Waals surface area contributed by atoms with Crippen LogP contribution in [0.5, 0.6) is 5.75 Å². The molecule has 1 aliphatic rings. The van der Waals surface area contributed by atoms with E-state index in [1.807, 2.05) is 0 Å². The quantitative estimate of drug-likeness (QED) is 0.760. The summed E-state index contributed by atoms with van der Waals surface area (Å²) in [6, 6.07) is 3.36. The molecule has 0 radical (unpaired) electrons. The maximum Gasteiger partial charge on any atom is 0.168 e. The molecule has 0 aromatic heterocycles. The van der Waals surface area contributed by atoms with Crippen LogP contribution >= 0.6 is 15.9 Å². The van der Waals surface area contributed by atoms with Crippen LogP contribution in [0, 0.1) is 11.6 Å². The Hall–Kier alpha value is -0.640. The van der Waals surface area contributed by atoms with Crippen LogP contribution in [-0.4, -0.2) is 10.9 Å². The third-order valence-corrected chi connectivity index (χ3v) is 3.29. The first-order chi connectivity index (χ1) is 6.65. The molecule has 0 heterocycles. The lowest BCUT2D eigenvalue weighted by Gasteiger charge is -2.15. The molecule has 1 nitrogen and oxygen atoms in total. The maximum absolute atomic E-state index is 13.2. The van der Waals surface area contributed by atoms with E-state index in [4.69, 9.17) is 4.74 Å². The van der Waals surface area contributed by atoms with Gasteiger partial charge in [-0.2, -0.15) is 0 Å². The van der Waals surface area contributed by atoms with E-state index in [1.54, 1.807) is 0 Å². The van der Waals surface area contributed by atoms with Crippen molar-refractivity contribution >= 4 is 15.9 Å². The van der Waals surface area contributed by atoms with Crippen LogP contribution in [0.2, 0.25) is 0 Å². The minimum absolute atomic E-state index is 0.128. The number of hydrogen-bond acceptors (Lipinski definition) is 1. The zero-order chi connectivity index (χ0) is 10.2. The van der Waals surface area contributed by atoms with Crippen LogP contribution < -0.4 is 4.74 Å².